The molecular weight excluding hydrogens is 393 g/mol. The van der Waals surface area contributed by atoms with Crippen molar-refractivity contribution in [3.8, 4) is 0 Å². The summed E-state index contributed by atoms with van der Waals surface area (Å²) in [6, 6.07) is 19.3. The number of halogens is 1. The normalized spacial score (nSPS) is 20.2. The number of fused-ring (bicyclic) bond motifs is 4. The Morgan fingerprint density at radius 1 is 0.968 bits per heavy atom. The van der Waals surface area contributed by atoms with Gasteiger partial charge in [0.2, 0.25) is 0 Å². The number of carbonyl (C=O) groups excluding carboxylic acids is 1. The first kappa shape index (κ1) is 19.7. The molecule has 6 heteroatoms. The van der Waals surface area contributed by atoms with Gasteiger partial charge in [0.25, 0.3) is 11.5 Å². The zero-order valence-electron chi connectivity index (χ0n) is 17.1. The van der Waals surface area contributed by atoms with Crippen LogP contribution in [0.4, 0.5) is 10.1 Å². The predicted molar refractivity (Wildman–Crippen MR) is 118 cm³/mol. The Morgan fingerprint density at radius 2 is 1.74 bits per heavy atom. The van der Waals surface area contributed by atoms with E-state index in [1.54, 1.807) is 30.3 Å². The van der Waals surface area contributed by atoms with Crippen molar-refractivity contribution in [3.05, 3.63) is 99.7 Å². The van der Waals surface area contributed by atoms with E-state index in [-0.39, 0.29) is 23.2 Å². The van der Waals surface area contributed by atoms with Crippen LogP contribution in [0.1, 0.15) is 34.0 Å². The number of hydrogen-bond acceptors (Lipinski definition) is 3. The number of amides is 1. The summed E-state index contributed by atoms with van der Waals surface area (Å²) in [5.74, 6) is 0.159. The summed E-state index contributed by atoms with van der Waals surface area (Å²) < 4.78 is 15.0. The highest BCUT2D eigenvalue weighted by Gasteiger charge is 2.35. The third-order valence-corrected chi connectivity index (χ3v) is 6.28. The van der Waals surface area contributed by atoms with Gasteiger partial charge in [-0.15, -0.1) is 0 Å². The van der Waals surface area contributed by atoms with Crippen LogP contribution in [0, 0.1) is 11.7 Å². The summed E-state index contributed by atoms with van der Waals surface area (Å²) >= 11 is 0. The molecule has 2 atom stereocenters. The molecule has 1 aromatic heterocycles. The Bertz CT molecular complexity index is 1160. The molecular formula is C25H24FN3O2. The largest absolute Gasteiger partial charge is 0.317 e. The molecule has 2 aliphatic heterocycles. The molecule has 2 bridgehead atoms. The fourth-order valence-electron chi connectivity index (χ4n) is 4.90. The number of carbonyl (C=O) groups is 1. The predicted octanol–water partition coefficient (Wildman–Crippen LogP) is 3.86. The topological polar surface area (TPSA) is 54.3 Å². The second kappa shape index (κ2) is 8.12. The third-order valence-electron chi connectivity index (χ3n) is 6.28. The van der Waals surface area contributed by atoms with Crippen LogP contribution in [0.3, 0.4) is 0 Å². The number of nitrogens with one attached hydrogen (secondary N) is 1. The Balaban J connectivity index is 1.34. The smallest absolute Gasteiger partial charge is 0.274 e. The molecule has 5 nitrogen and oxygen atoms in total. The van der Waals surface area contributed by atoms with E-state index in [2.05, 4.69) is 10.2 Å². The average Bonchev–Trinajstić information content (AvgIpc) is 2.78. The molecule has 0 aliphatic carbocycles. The highest BCUT2D eigenvalue weighted by Crippen LogP contribution is 2.36. The number of rotatable bonds is 4. The molecule has 0 unspecified atom stereocenters. The summed E-state index contributed by atoms with van der Waals surface area (Å²) in [4.78, 5) is 28.0. The molecule has 1 N–H and O–H groups in total. The zero-order valence-corrected chi connectivity index (χ0v) is 17.1. The summed E-state index contributed by atoms with van der Waals surface area (Å²) in [6.07, 6.45) is 1.06. The molecule has 158 valence electrons. The van der Waals surface area contributed by atoms with Gasteiger partial charge in [-0.3, -0.25) is 14.5 Å². The second-order valence-electron chi connectivity index (χ2n) is 8.53. The maximum Gasteiger partial charge on any atom is 0.274 e. The lowest BCUT2D eigenvalue weighted by Crippen LogP contribution is -2.47. The van der Waals surface area contributed by atoms with Crippen LogP contribution in [0.15, 0.2) is 71.5 Å². The Labute approximate surface area is 180 Å². The highest BCUT2D eigenvalue weighted by atomic mass is 19.1. The van der Waals surface area contributed by atoms with Gasteiger partial charge in [-0.2, -0.15) is 0 Å². The first-order valence-corrected chi connectivity index (χ1v) is 10.6. The van der Waals surface area contributed by atoms with Gasteiger partial charge in [0.1, 0.15) is 11.5 Å². The van der Waals surface area contributed by atoms with Crippen molar-refractivity contribution in [2.45, 2.75) is 25.4 Å². The first-order chi connectivity index (χ1) is 15.1. The van der Waals surface area contributed by atoms with E-state index < -0.39 is 0 Å². The summed E-state index contributed by atoms with van der Waals surface area (Å²) in [6.45, 7) is 3.20. The van der Waals surface area contributed by atoms with Crippen LogP contribution in [-0.4, -0.2) is 28.5 Å². The average molecular weight is 417 g/mol. The monoisotopic (exact) mass is 417 g/mol. The molecule has 3 heterocycles. The van der Waals surface area contributed by atoms with Crippen molar-refractivity contribution in [2.24, 2.45) is 5.92 Å². The van der Waals surface area contributed by atoms with E-state index in [9.17, 15) is 14.0 Å². The lowest BCUT2D eigenvalue weighted by molar-refractivity contribution is 0.102. The van der Waals surface area contributed by atoms with Gasteiger partial charge in [0.05, 0.1) is 0 Å². The van der Waals surface area contributed by atoms with Crippen molar-refractivity contribution in [1.29, 1.82) is 0 Å². The summed E-state index contributed by atoms with van der Waals surface area (Å²) in [5, 5.41) is 2.77. The van der Waals surface area contributed by atoms with Crippen molar-refractivity contribution < 1.29 is 9.18 Å². The van der Waals surface area contributed by atoms with Crippen LogP contribution in [-0.2, 0) is 13.1 Å². The lowest BCUT2D eigenvalue weighted by atomic mass is 9.83. The number of pyridine rings is 1. The molecule has 2 aliphatic rings. The van der Waals surface area contributed by atoms with Gasteiger partial charge in [-0.25, -0.2) is 4.39 Å². The molecule has 5 rings (SSSR count). The van der Waals surface area contributed by atoms with Gasteiger partial charge < -0.3 is 9.88 Å². The van der Waals surface area contributed by atoms with Gasteiger partial charge >= 0.3 is 0 Å². The van der Waals surface area contributed by atoms with E-state index in [0.717, 1.165) is 37.3 Å². The van der Waals surface area contributed by atoms with Gasteiger partial charge in [0, 0.05) is 43.4 Å². The van der Waals surface area contributed by atoms with Crippen LogP contribution in [0.5, 0.6) is 0 Å². The number of nitrogens with zero attached hydrogens (tertiary/aromatic N) is 2. The second-order valence-corrected chi connectivity index (χ2v) is 8.53. The molecule has 31 heavy (non-hydrogen) atoms. The summed E-state index contributed by atoms with van der Waals surface area (Å²) in [5.41, 5.74) is 2.84. The van der Waals surface area contributed by atoms with Crippen molar-refractivity contribution in [3.63, 3.8) is 0 Å². The number of anilines is 1. The van der Waals surface area contributed by atoms with E-state index in [4.69, 9.17) is 0 Å². The zero-order chi connectivity index (χ0) is 21.4. The van der Waals surface area contributed by atoms with E-state index in [0.29, 0.717) is 23.7 Å². The summed E-state index contributed by atoms with van der Waals surface area (Å²) in [7, 11) is 0. The van der Waals surface area contributed by atoms with E-state index >= 15 is 0 Å². The fourth-order valence-corrected chi connectivity index (χ4v) is 4.90. The number of likely N-dealkylation sites (tertiary alicyclic amines) is 1. The molecule has 1 saturated heterocycles. The maximum atomic E-state index is 13.2. The molecule has 1 amide bonds. The van der Waals surface area contributed by atoms with Crippen LogP contribution in [0.2, 0.25) is 0 Å². The molecule has 2 aromatic carbocycles. The van der Waals surface area contributed by atoms with Crippen LogP contribution < -0.4 is 10.9 Å². The molecule has 0 spiro atoms. The third kappa shape index (κ3) is 4.03. The van der Waals surface area contributed by atoms with E-state index in [1.807, 2.05) is 28.8 Å². The molecule has 1 fully saturated rings. The van der Waals surface area contributed by atoms with Gasteiger partial charge in [-0.1, -0.05) is 30.3 Å². The number of aromatic nitrogens is 1. The Morgan fingerprint density at radius 3 is 2.52 bits per heavy atom. The van der Waals surface area contributed by atoms with Crippen LogP contribution >= 0.6 is 0 Å². The SMILES string of the molecule is O=C(Nc1ccc2n(c1=O)C[C@@H]1C[C@@H]2CN(Cc2ccc(F)cc2)C1)c1ccccc1. The Kier molecular flexibility index (Phi) is 5.16. The van der Waals surface area contributed by atoms with Gasteiger partial charge in [-0.05, 0) is 54.3 Å². The minimum absolute atomic E-state index is 0.136. The number of piperidine rings is 1. The first-order valence-electron chi connectivity index (χ1n) is 10.6. The highest BCUT2D eigenvalue weighted by molar-refractivity contribution is 6.04. The standard InChI is InChI=1S/C25H24FN3O2/c26-21-8-6-17(7-9-21)13-28-14-18-12-20(16-28)23-11-10-22(25(31)29(23)15-18)27-24(30)19-4-2-1-3-5-19/h1-11,18,20H,12-16H2,(H,27,30)/t18-,20-/m1/s1. The van der Waals surface area contributed by atoms with Gasteiger partial charge in [0.15, 0.2) is 0 Å². The van der Waals surface area contributed by atoms with E-state index in [1.165, 1.54) is 12.1 Å². The fraction of sp³-hybridized carbons (Fsp3) is 0.280. The van der Waals surface area contributed by atoms with Crippen molar-refractivity contribution >= 4 is 11.6 Å². The maximum absolute atomic E-state index is 13.2. The minimum Gasteiger partial charge on any atom is -0.317 e. The van der Waals surface area contributed by atoms with Crippen molar-refractivity contribution in [1.82, 2.24) is 9.47 Å². The molecule has 0 saturated carbocycles. The molecule has 3 aromatic rings. The Hall–Kier alpha value is -3.25. The minimum atomic E-state index is -0.278. The lowest BCUT2D eigenvalue weighted by Gasteiger charge is -2.43. The quantitative estimate of drug-likeness (QED) is 0.701. The van der Waals surface area contributed by atoms with Crippen LogP contribution in [0.25, 0.3) is 0 Å². The molecule has 0 radical (unpaired) electrons. The number of benzene rings is 2. The number of hydrogen-bond donors (Lipinski definition) is 1. The van der Waals surface area contributed by atoms with Crippen molar-refractivity contribution in [2.75, 3.05) is 18.4 Å².